The van der Waals surface area contributed by atoms with Gasteiger partial charge in [-0.05, 0) is 48.4 Å². The number of azo groups is 1. The predicted molar refractivity (Wildman–Crippen MR) is 114 cm³/mol. The molecule has 2 heterocycles. The van der Waals surface area contributed by atoms with Crippen molar-refractivity contribution in [3.8, 4) is 0 Å². The van der Waals surface area contributed by atoms with Crippen molar-refractivity contribution in [2.24, 2.45) is 10.2 Å². The van der Waals surface area contributed by atoms with Crippen LogP contribution in [0.2, 0.25) is 0 Å². The van der Waals surface area contributed by atoms with Crippen molar-refractivity contribution < 1.29 is 45.0 Å². The van der Waals surface area contributed by atoms with Crippen molar-refractivity contribution in [3.05, 3.63) is 70.5 Å². The van der Waals surface area contributed by atoms with Gasteiger partial charge in [-0.2, -0.15) is 31.5 Å². The smallest absolute Gasteiger partial charge is 0.349 e. The van der Waals surface area contributed by atoms with E-state index in [0.717, 1.165) is 0 Å². The summed E-state index contributed by atoms with van der Waals surface area (Å²) in [5, 5.41) is 9.76. The maximum absolute atomic E-state index is 13.6. The number of benzene rings is 2. The van der Waals surface area contributed by atoms with E-state index in [-0.39, 0.29) is 24.8 Å². The molecular formula is C23H21F7N4O3. The number of halogens is 7. The van der Waals surface area contributed by atoms with Crippen molar-refractivity contribution in [1.29, 1.82) is 0 Å². The first kappa shape index (κ1) is 26.9. The van der Waals surface area contributed by atoms with Crippen molar-refractivity contribution in [2.75, 3.05) is 19.7 Å². The summed E-state index contributed by atoms with van der Waals surface area (Å²) < 4.78 is 105. The number of carbonyl (C=O) groups excluding carboxylic acids is 1. The van der Waals surface area contributed by atoms with Crippen LogP contribution in [0.1, 0.15) is 41.3 Å². The first-order chi connectivity index (χ1) is 17.3. The fourth-order valence-electron chi connectivity index (χ4n) is 4.16. The van der Waals surface area contributed by atoms with Crippen LogP contribution in [-0.2, 0) is 21.8 Å². The number of amides is 2. The third-order valence-corrected chi connectivity index (χ3v) is 5.93. The van der Waals surface area contributed by atoms with Gasteiger partial charge in [-0.3, -0.25) is 4.90 Å². The molecule has 0 aromatic heterocycles. The second kappa shape index (κ2) is 10.3. The standard InChI is InChI=1S/C23H21F7N4O3/c1-12(14-8-15(22(25,26)27)10-16(9-14)23(28,29)30)37-20-19(13-2-4-17(24)5-3-13)34(6-7-36-20)11-18-31-21(35)33-32-18/h2-5,8-10,12,18-20H,6-7,11H2,1H3,(H,31,35). The van der Waals surface area contributed by atoms with E-state index in [2.05, 4.69) is 15.5 Å². The van der Waals surface area contributed by atoms with Gasteiger partial charge in [0.2, 0.25) is 0 Å². The molecule has 1 fully saturated rings. The number of urea groups is 1. The van der Waals surface area contributed by atoms with Crippen LogP contribution < -0.4 is 5.32 Å². The molecule has 4 rings (SSSR count). The van der Waals surface area contributed by atoms with E-state index in [9.17, 15) is 35.5 Å². The molecule has 0 aliphatic carbocycles. The minimum Gasteiger partial charge on any atom is -0.349 e. The summed E-state index contributed by atoms with van der Waals surface area (Å²) >= 11 is 0. The maximum Gasteiger partial charge on any atom is 0.416 e. The highest BCUT2D eigenvalue weighted by atomic mass is 19.4. The number of hydrogen-bond acceptors (Lipinski definition) is 5. The van der Waals surface area contributed by atoms with Crippen LogP contribution in [0.25, 0.3) is 0 Å². The fourth-order valence-corrected chi connectivity index (χ4v) is 4.16. The third kappa shape index (κ3) is 6.43. The first-order valence-electron chi connectivity index (χ1n) is 11.1. The molecule has 0 spiro atoms. The van der Waals surface area contributed by atoms with E-state index in [0.29, 0.717) is 24.2 Å². The highest BCUT2D eigenvalue weighted by molar-refractivity contribution is 5.75. The molecule has 2 aliphatic rings. The van der Waals surface area contributed by atoms with Gasteiger partial charge in [0.15, 0.2) is 12.5 Å². The van der Waals surface area contributed by atoms with Gasteiger partial charge in [0.1, 0.15) is 5.82 Å². The average Bonchev–Trinajstić information content (AvgIpc) is 3.23. The zero-order valence-corrected chi connectivity index (χ0v) is 19.2. The number of morpholine rings is 1. The summed E-state index contributed by atoms with van der Waals surface area (Å²) in [5.41, 5.74) is -2.76. The lowest BCUT2D eigenvalue weighted by atomic mass is 10.0. The summed E-state index contributed by atoms with van der Waals surface area (Å²) in [4.78, 5) is 13.2. The molecule has 1 saturated heterocycles. The zero-order chi connectivity index (χ0) is 27.0. The second-order valence-electron chi connectivity index (χ2n) is 8.53. The lowest BCUT2D eigenvalue weighted by molar-refractivity contribution is -0.230. The van der Waals surface area contributed by atoms with Crippen LogP contribution in [0.4, 0.5) is 35.5 Å². The highest BCUT2D eigenvalue weighted by Gasteiger charge is 2.40. The maximum atomic E-state index is 13.6. The number of hydrogen-bond donors (Lipinski definition) is 1. The summed E-state index contributed by atoms with van der Waals surface area (Å²) in [6.07, 6.45) is -13.1. The minimum atomic E-state index is -5.01. The summed E-state index contributed by atoms with van der Waals surface area (Å²) in [5.74, 6) is -0.515. The van der Waals surface area contributed by atoms with Crippen LogP contribution in [-0.4, -0.2) is 43.1 Å². The summed E-state index contributed by atoms with van der Waals surface area (Å²) in [7, 11) is 0. The largest absolute Gasteiger partial charge is 0.416 e. The number of ether oxygens (including phenoxy) is 2. The molecule has 0 bridgehead atoms. The topological polar surface area (TPSA) is 75.5 Å². The van der Waals surface area contributed by atoms with Crippen molar-refractivity contribution in [3.63, 3.8) is 0 Å². The Morgan fingerprint density at radius 1 is 1.08 bits per heavy atom. The molecule has 0 saturated carbocycles. The molecule has 200 valence electrons. The van der Waals surface area contributed by atoms with E-state index in [4.69, 9.17) is 9.47 Å². The van der Waals surface area contributed by atoms with Gasteiger partial charge in [-0.1, -0.05) is 17.2 Å². The molecular weight excluding hydrogens is 513 g/mol. The van der Waals surface area contributed by atoms with Crippen molar-refractivity contribution >= 4 is 6.03 Å². The van der Waals surface area contributed by atoms with Gasteiger partial charge < -0.3 is 14.8 Å². The minimum absolute atomic E-state index is 0.0425. The predicted octanol–water partition coefficient (Wildman–Crippen LogP) is 5.84. The normalized spacial score (nSPS) is 23.8. The third-order valence-electron chi connectivity index (χ3n) is 5.93. The first-order valence-corrected chi connectivity index (χ1v) is 11.1. The quantitative estimate of drug-likeness (QED) is 0.473. The van der Waals surface area contributed by atoms with Gasteiger partial charge in [0, 0.05) is 13.1 Å². The second-order valence-corrected chi connectivity index (χ2v) is 8.53. The molecule has 0 radical (unpaired) electrons. The Hall–Kier alpha value is -3.10. The van der Waals surface area contributed by atoms with Crippen LogP contribution in [0.15, 0.2) is 52.7 Å². The van der Waals surface area contributed by atoms with E-state index in [1.165, 1.54) is 31.2 Å². The SMILES string of the molecule is CC(OC1OCCN(CC2N=NC(=O)N2)C1c1ccc(F)cc1)c1cc(C(F)(F)F)cc(C(F)(F)F)c1. The van der Waals surface area contributed by atoms with Crippen LogP contribution >= 0.6 is 0 Å². The molecule has 4 unspecified atom stereocenters. The van der Waals surface area contributed by atoms with E-state index in [1.54, 1.807) is 4.90 Å². The molecule has 2 aliphatic heterocycles. The molecule has 4 atom stereocenters. The molecule has 14 heteroatoms. The average molecular weight is 534 g/mol. The number of nitrogens with zero attached hydrogens (tertiary/aromatic N) is 3. The summed E-state index contributed by atoms with van der Waals surface area (Å²) in [6.45, 7) is 1.88. The molecule has 7 nitrogen and oxygen atoms in total. The van der Waals surface area contributed by atoms with Gasteiger partial charge >= 0.3 is 18.4 Å². The lowest BCUT2D eigenvalue weighted by Gasteiger charge is -2.42. The molecule has 37 heavy (non-hydrogen) atoms. The van der Waals surface area contributed by atoms with Gasteiger partial charge in [0.05, 0.1) is 29.9 Å². The van der Waals surface area contributed by atoms with Crippen LogP contribution in [0.3, 0.4) is 0 Å². The highest BCUT2D eigenvalue weighted by Crippen LogP contribution is 2.39. The Morgan fingerprint density at radius 2 is 1.70 bits per heavy atom. The molecule has 2 aromatic rings. The Bertz CT molecular complexity index is 1120. The van der Waals surface area contributed by atoms with Gasteiger partial charge in [0.25, 0.3) is 0 Å². The molecule has 2 aromatic carbocycles. The van der Waals surface area contributed by atoms with E-state index >= 15 is 0 Å². The van der Waals surface area contributed by atoms with E-state index < -0.39 is 59.9 Å². The number of alkyl halides is 6. The molecule has 1 N–H and O–H groups in total. The van der Waals surface area contributed by atoms with Crippen LogP contribution in [0, 0.1) is 5.82 Å². The van der Waals surface area contributed by atoms with Crippen molar-refractivity contribution in [1.82, 2.24) is 10.2 Å². The Labute approximate surface area is 206 Å². The Balaban J connectivity index is 1.64. The lowest BCUT2D eigenvalue weighted by Crippen LogP contribution is -2.50. The number of carbonyl (C=O) groups is 1. The monoisotopic (exact) mass is 534 g/mol. The number of rotatable bonds is 6. The fraction of sp³-hybridized carbons (Fsp3) is 0.435. The van der Waals surface area contributed by atoms with Crippen molar-refractivity contribution in [2.45, 2.75) is 43.9 Å². The van der Waals surface area contributed by atoms with Gasteiger partial charge in [-0.25, -0.2) is 9.18 Å². The van der Waals surface area contributed by atoms with Gasteiger partial charge in [-0.15, -0.1) is 0 Å². The van der Waals surface area contributed by atoms with E-state index in [1.807, 2.05) is 0 Å². The zero-order valence-electron chi connectivity index (χ0n) is 19.2. The molecule has 2 amide bonds. The number of nitrogens with one attached hydrogen (secondary N) is 1. The Kier molecular flexibility index (Phi) is 7.53. The summed E-state index contributed by atoms with van der Waals surface area (Å²) in [6, 6.07) is 5.18. The Morgan fingerprint density at radius 3 is 2.24 bits per heavy atom. The van der Waals surface area contributed by atoms with Crippen LogP contribution in [0.5, 0.6) is 0 Å².